The van der Waals surface area contributed by atoms with Gasteiger partial charge in [0.2, 0.25) is 5.91 Å². The van der Waals surface area contributed by atoms with Gasteiger partial charge >= 0.3 is 0 Å². The molecule has 0 spiro atoms. The molecule has 1 aromatic carbocycles. The molecule has 2 rings (SSSR count). The van der Waals surface area contributed by atoms with Crippen LogP contribution in [0.5, 0.6) is 0 Å². The molecule has 0 saturated carbocycles. The third-order valence-electron chi connectivity index (χ3n) is 5.11. The van der Waals surface area contributed by atoms with E-state index in [9.17, 15) is 19.5 Å². The van der Waals surface area contributed by atoms with Gasteiger partial charge in [-0.25, -0.2) is 0 Å². The van der Waals surface area contributed by atoms with Crippen LogP contribution < -0.4 is 5.32 Å². The van der Waals surface area contributed by atoms with Crippen molar-refractivity contribution < 1.29 is 19.5 Å². The van der Waals surface area contributed by atoms with Gasteiger partial charge in [-0.2, -0.15) is 0 Å². The minimum absolute atomic E-state index is 0.154. The number of carbonyl (C=O) groups excluding carboxylic acids is 3. The van der Waals surface area contributed by atoms with Crippen LogP contribution in [-0.2, 0) is 20.8 Å². The number of carbonyl (C=O) groups is 3. The fraction of sp³-hybridized carbons (Fsp3) is 0.320. The van der Waals surface area contributed by atoms with Crippen LogP contribution in [-0.4, -0.2) is 35.2 Å². The summed E-state index contributed by atoms with van der Waals surface area (Å²) >= 11 is 0. The lowest BCUT2D eigenvalue weighted by molar-refractivity contribution is -0.122. The Bertz CT molecular complexity index is 906. The summed E-state index contributed by atoms with van der Waals surface area (Å²) in [6, 6.07) is 9.27. The molecule has 0 heterocycles. The predicted molar refractivity (Wildman–Crippen MR) is 118 cm³/mol. The second-order valence-electron chi connectivity index (χ2n) is 7.34. The largest absolute Gasteiger partial charge is 0.394 e. The van der Waals surface area contributed by atoms with Gasteiger partial charge in [-0.3, -0.25) is 14.4 Å². The molecule has 0 fully saturated rings. The fourth-order valence-corrected chi connectivity index (χ4v) is 3.41. The van der Waals surface area contributed by atoms with E-state index >= 15 is 0 Å². The summed E-state index contributed by atoms with van der Waals surface area (Å²) in [4.78, 5) is 37.5. The molecule has 1 atom stereocenters. The minimum atomic E-state index is -0.363. The molecule has 0 saturated heterocycles. The van der Waals surface area contributed by atoms with Crippen molar-refractivity contribution in [2.45, 2.75) is 45.6 Å². The Morgan fingerprint density at radius 2 is 1.90 bits per heavy atom. The molecule has 0 bridgehead atoms. The standard InChI is InChI=1S/C25H29NO4/c1-4-5-12-21-17(2)24(29)18(3)22(25(21)30)13-9-14-23(28)26-20(16-27)15-19-10-7-6-8-11-19/h4-8,10-12,20,27H,2,9,13-16H2,1,3H3,(H,26,28)/b5-4-,21-12+/t20-/m0/s1. The van der Waals surface area contributed by atoms with Crippen LogP contribution in [0.25, 0.3) is 0 Å². The molecule has 5 nitrogen and oxygen atoms in total. The summed E-state index contributed by atoms with van der Waals surface area (Å²) in [6.07, 6.45) is 6.62. The molecule has 1 amide bonds. The highest BCUT2D eigenvalue weighted by Gasteiger charge is 2.30. The van der Waals surface area contributed by atoms with Crippen molar-refractivity contribution in [3.63, 3.8) is 0 Å². The Morgan fingerprint density at radius 3 is 2.53 bits per heavy atom. The minimum Gasteiger partial charge on any atom is -0.394 e. The van der Waals surface area contributed by atoms with Crippen molar-refractivity contribution in [3.05, 3.63) is 83.0 Å². The van der Waals surface area contributed by atoms with Gasteiger partial charge in [-0.15, -0.1) is 0 Å². The molecule has 5 heteroatoms. The number of aliphatic hydroxyl groups excluding tert-OH is 1. The molecule has 0 aromatic heterocycles. The van der Waals surface area contributed by atoms with Crippen LogP contribution in [0, 0.1) is 0 Å². The monoisotopic (exact) mass is 407 g/mol. The Kier molecular flexibility index (Phi) is 8.69. The van der Waals surface area contributed by atoms with Crippen molar-refractivity contribution in [1.82, 2.24) is 5.32 Å². The molecule has 0 unspecified atom stereocenters. The number of hydrogen-bond donors (Lipinski definition) is 2. The first-order chi connectivity index (χ1) is 14.4. The van der Waals surface area contributed by atoms with E-state index in [1.165, 1.54) is 0 Å². The molecule has 1 aromatic rings. The van der Waals surface area contributed by atoms with Crippen LogP contribution in [0.15, 0.2) is 77.4 Å². The molecule has 0 radical (unpaired) electrons. The number of aliphatic hydroxyl groups is 1. The lowest BCUT2D eigenvalue weighted by Gasteiger charge is -2.20. The average molecular weight is 408 g/mol. The smallest absolute Gasteiger partial charge is 0.220 e. The van der Waals surface area contributed by atoms with E-state index in [1.54, 1.807) is 25.2 Å². The van der Waals surface area contributed by atoms with E-state index in [4.69, 9.17) is 0 Å². The third kappa shape index (κ3) is 5.97. The Hall–Kier alpha value is -3.05. The highest BCUT2D eigenvalue weighted by molar-refractivity contribution is 6.29. The summed E-state index contributed by atoms with van der Waals surface area (Å²) in [5.74, 6) is -0.618. The molecule has 158 valence electrons. The van der Waals surface area contributed by atoms with Crippen molar-refractivity contribution >= 4 is 17.5 Å². The summed E-state index contributed by atoms with van der Waals surface area (Å²) in [6.45, 7) is 7.06. The molecular weight excluding hydrogens is 378 g/mol. The summed E-state index contributed by atoms with van der Waals surface area (Å²) in [5.41, 5.74) is 2.40. The lowest BCUT2D eigenvalue weighted by Crippen LogP contribution is -2.39. The number of hydrogen-bond acceptors (Lipinski definition) is 4. The van der Waals surface area contributed by atoms with Gasteiger partial charge < -0.3 is 10.4 Å². The number of nitrogens with one attached hydrogen (secondary N) is 1. The Labute approximate surface area is 177 Å². The second-order valence-corrected chi connectivity index (χ2v) is 7.34. The second kappa shape index (κ2) is 11.2. The first-order valence-corrected chi connectivity index (χ1v) is 10.1. The maximum absolute atomic E-state index is 12.8. The Balaban J connectivity index is 1.95. The van der Waals surface area contributed by atoms with E-state index < -0.39 is 0 Å². The van der Waals surface area contributed by atoms with Crippen LogP contribution in [0.4, 0.5) is 0 Å². The molecule has 1 aliphatic rings. The van der Waals surface area contributed by atoms with E-state index in [-0.39, 0.29) is 42.1 Å². The molecular formula is C25H29NO4. The summed E-state index contributed by atoms with van der Waals surface area (Å²) < 4.78 is 0. The lowest BCUT2D eigenvalue weighted by atomic mass is 9.81. The van der Waals surface area contributed by atoms with Gasteiger partial charge in [-0.05, 0) is 38.7 Å². The van der Waals surface area contributed by atoms with Gasteiger partial charge in [0.15, 0.2) is 11.6 Å². The fourth-order valence-electron chi connectivity index (χ4n) is 3.41. The Morgan fingerprint density at radius 1 is 1.20 bits per heavy atom. The van der Waals surface area contributed by atoms with Crippen LogP contribution in [0.3, 0.4) is 0 Å². The maximum Gasteiger partial charge on any atom is 0.220 e. The number of ketones is 2. The van der Waals surface area contributed by atoms with Crippen LogP contribution in [0.1, 0.15) is 38.7 Å². The zero-order valence-corrected chi connectivity index (χ0v) is 17.6. The van der Waals surface area contributed by atoms with E-state index in [2.05, 4.69) is 11.9 Å². The van der Waals surface area contributed by atoms with Gasteiger partial charge in [0.1, 0.15) is 0 Å². The average Bonchev–Trinajstić information content (AvgIpc) is 2.75. The van der Waals surface area contributed by atoms with Crippen molar-refractivity contribution in [2.24, 2.45) is 0 Å². The van der Waals surface area contributed by atoms with Gasteiger partial charge in [0, 0.05) is 28.7 Å². The number of amides is 1. The van der Waals surface area contributed by atoms with Gasteiger partial charge in [-0.1, -0.05) is 55.1 Å². The topological polar surface area (TPSA) is 83.5 Å². The quantitative estimate of drug-likeness (QED) is 0.615. The van der Waals surface area contributed by atoms with E-state index in [0.717, 1.165) is 5.56 Å². The van der Waals surface area contributed by atoms with Crippen molar-refractivity contribution in [1.29, 1.82) is 0 Å². The molecule has 30 heavy (non-hydrogen) atoms. The number of allylic oxidation sites excluding steroid dienone is 7. The van der Waals surface area contributed by atoms with Gasteiger partial charge in [0.25, 0.3) is 0 Å². The zero-order chi connectivity index (χ0) is 22.1. The van der Waals surface area contributed by atoms with Crippen LogP contribution >= 0.6 is 0 Å². The highest BCUT2D eigenvalue weighted by Crippen LogP contribution is 2.29. The SMILES string of the molecule is C=C1C(=O)C(C)=C(CCCC(=O)N[C@H](CO)Cc2ccccc2)C(=O)/C1=C/C=C\C. The van der Waals surface area contributed by atoms with Crippen molar-refractivity contribution in [3.8, 4) is 0 Å². The highest BCUT2D eigenvalue weighted by atomic mass is 16.3. The number of benzene rings is 1. The predicted octanol–water partition coefficient (Wildman–Crippen LogP) is 3.40. The third-order valence-corrected chi connectivity index (χ3v) is 5.11. The van der Waals surface area contributed by atoms with Crippen molar-refractivity contribution in [2.75, 3.05) is 6.61 Å². The zero-order valence-electron chi connectivity index (χ0n) is 17.6. The normalized spacial score (nSPS) is 17.2. The first-order valence-electron chi connectivity index (χ1n) is 10.1. The maximum atomic E-state index is 12.8. The first kappa shape index (κ1) is 23.2. The summed E-state index contributed by atoms with van der Waals surface area (Å²) in [5, 5.41) is 12.4. The van der Waals surface area contributed by atoms with E-state index in [1.807, 2.05) is 37.3 Å². The van der Waals surface area contributed by atoms with Gasteiger partial charge in [0.05, 0.1) is 12.6 Å². The molecule has 0 aliphatic heterocycles. The number of Topliss-reactive ketones (excluding diaryl/α,β-unsaturated/α-hetero) is 2. The van der Waals surface area contributed by atoms with Crippen LogP contribution in [0.2, 0.25) is 0 Å². The molecule has 1 aliphatic carbocycles. The summed E-state index contributed by atoms with van der Waals surface area (Å²) in [7, 11) is 0. The molecule has 2 N–H and O–H groups in total. The van der Waals surface area contributed by atoms with E-state index in [0.29, 0.717) is 36.0 Å². The number of rotatable bonds is 9.